The largest absolute Gasteiger partial charge is 0.395 e. The van der Waals surface area contributed by atoms with Crippen LogP contribution in [0, 0.1) is 5.41 Å². The summed E-state index contributed by atoms with van der Waals surface area (Å²) in [6.45, 7) is 3.07. The molecule has 1 N–H and O–H groups in total. The zero-order valence-corrected chi connectivity index (χ0v) is 15.1. The van der Waals surface area contributed by atoms with E-state index in [0.29, 0.717) is 17.7 Å². The maximum absolute atomic E-state index is 13.7. The zero-order chi connectivity index (χ0) is 19.4. The van der Waals surface area contributed by atoms with Gasteiger partial charge in [-0.25, -0.2) is 0 Å². The van der Waals surface area contributed by atoms with Crippen LogP contribution < -0.4 is 5.32 Å². The Balaban J connectivity index is 1.95. The van der Waals surface area contributed by atoms with Crippen LogP contribution in [0.5, 0.6) is 0 Å². The van der Waals surface area contributed by atoms with Crippen LogP contribution in [0.3, 0.4) is 0 Å². The van der Waals surface area contributed by atoms with E-state index in [1.54, 1.807) is 6.20 Å². The third-order valence-electron chi connectivity index (χ3n) is 6.08. The van der Waals surface area contributed by atoms with Gasteiger partial charge in [-0.15, -0.1) is 0 Å². The average molecular weight is 375 g/mol. The SMILES string of the molecule is CC[C@@]1(c2ccccc2)C2=CN=NC2NC2=C1C(=O)C[C@@](C)(C(F)(F)F)C2. The number of allylic oxidation sites excluding steroid dienone is 2. The Bertz CT molecular complexity index is 887. The number of halogens is 3. The summed E-state index contributed by atoms with van der Waals surface area (Å²) in [5.41, 5.74) is -0.399. The van der Waals surface area contributed by atoms with Crippen LogP contribution in [-0.2, 0) is 10.2 Å². The van der Waals surface area contributed by atoms with Gasteiger partial charge in [0.2, 0.25) is 0 Å². The van der Waals surface area contributed by atoms with Crippen molar-refractivity contribution in [3.8, 4) is 0 Å². The molecule has 0 bridgehead atoms. The maximum atomic E-state index is 13.7. The lowest BCUT2D eigenvalue weighted by molar-refractivity contribution is -0.221. The van der Waals surface area contributed by atoms with Crippen LogP contribution >= 0.6 is 0 Å². The highest BCUT2D eigenvalue weighted by molar-refractivity contribution is 6.01. The third-order valence-corrected chi connectivity index (χ3v) is 6.08. The average Bonchev–Trinajstić information content (AvgIpc) is 3.08. The van der Waals surface area contributed by atoms with Crippen LogP contribution in [0.15, 0.2) is 63.6 Å². The summed E-state index contributed by atoms with van der Waals surface area (Å²) in [6.07, 6.45) is -3.62. The lowest BCUT2D eigenvalue weighted by atomic mass is 9.58. The van der Waals surface area contributed by atoms with Gasteiger partial charge in [-0.2, -0.15) is 23.4 Å². The number of rotatable bonds is 2. The van der Waals surface area contributed by atoms with E-state index in [2.05, 4.69) is 15.5 Å². The second-order valence-electron chi connectivity index (χ2n) is 7.68. The quantitative estimate of drug-likeness (QED) is 0.807. The molecular weight excluding hydrogens is 355 g/mol. The highest BCUT2D eigenvalue weighted by Crippen LogP contribution is 2.56. The molecule has 2 aliphatic heterocycles. The minimum atomic E-state index is -4.46. The number of hydrogen-bond donors (Lipinski definition) is 1. The number of nitrogens with zero attached hydrogens (tertiary/aromatic N) is 2. The molecule has 27 heavy (non-hydrogen) atoms. The minimum absolute atomic E-state index is 0.258. The van der Waals surface area contributed by atoms with Crippen LogP contribution in [0.2, 0.25) is 0 Å². The monoisotopic (exact) mass is 375 g/mol. The zero-order valence-electron chi connectivity index (χ0n) is 15.1. The van der Waals surface area contributed by atoms with Crippen molar-refractivity contribution in [1.82, 2.24) is 5.32 Å². The number of fused-ring (bicyclic) bond motifs is 1. The summed E-state index contributed by atoms with van der Waals surface area (Å²) >= 11 is 0. The van der Waals surface area contributed by atoms with E-state index in [1.165, 1.54) is 0 Å². The molecule has 0 fully saturated rings. The van der Waals surface area contributed by atoms with Crippen LogP contribution in [0.1, 0.15) is 38.7 Å². The Morgan fingerprint density at radius 2 is 1.93 bits per heavy atom. The molecule has 0 spiro atoms. The Morgan fingerprint density at radius 1 is 1.22 bits per heavy atom. The normalized spacial score (nSPS) is 32.7. The van der Waals surface area contributed by atoms with Gasteiger partial charge in [0.15, 0.2) is 11.9 Å². The van der Waals surface area contributed by atoms with E-state index in [0.717, 1.165) is 18.1 Å². The summed E-state index contributed by atoms with van der Waals surface area (Å²) in [7, 11) is 0. The van der Waals surface area contributed by atoms with Crippen molar-refractivity contribution in [3.05, 3.63) is 58.9 Å². The molecule has 0 saturated carbocycles. The molecule has 1 aliphatic carbocycles. The second kappa shape index (κ2) is 5.78. The maximum Gasteiger partial charge on any atom is 0.395 e. The van der Waals surface area contributed by atoms with Gasteiger partial charge in [0.05, 0.1) is 17.0 Å². The van der Waals surface area contributed by atoms with Gasteiger partial charge < -0.3 is 5.32 Å². The molecule has 1 aromatic rings. The summed E-state index contributed by atoms with van der Waals surface area (Å²) in [6, 6.07) is 9.46. The van der Waals surface area contributed by atoms with Crippen LogP contribution in [0.25, 0.3) is 0 Å². The molecule has 3 atom stereocenters. The molecule has 0 amide bonds. The van der Waals surface area contributed by atoms with Crippen molar-refractivity contribution in [3.63, 3.8) is 0 Å². The van der Waals surface area contributed by atoms with E-state index >= 15 is 0 Å². The molecule has 2 heterocycles. The second-order valence-corrected chi connectivity index (χ2v) is 7.68. The van der Waals surface area contributed by atoms with E-state index in [1.807, 2.05) is 37.3 Å². The lowest BCUT2D eigenvalue weighted by Gasteiger charge is -2.48. The Labute approximate surface area is 155 Å². The van der Waals surface area contributed by atoms with Crippen molar-refractivity contribution in [1.29, 1.82) is 0 Å². The van der Waals surface area contributed by atoms with Gasteiger partial charge in [-0.1, -0.05) is 44.2 Å². The molecule has 7 heteroatoms. The fourth-order valence-electron chi connectivity index (χ4n) is 4.64. The number of azo groups is 1. The van der Waals surface area contributed by atoms with Gasteiger partial charge >= 0.3 is 6.18 Å². The highest BCUT2D eigenvalue weighted by Gasteiger charge is 2.59. The summed E-state index contributed by atoms with van der Waals surface area (Å²) in [5.74, 6) is -0.458. The van der Waals surface area contributed by atoms with Crippen molar-refractivity contribution in [2.75, 3.05) is 0 Å². The standard InChI is InChI=1S/C20H20F3N3O/c1-3-19(12-7-5-4-6-8-12)13-11-24-26-17(13)25-14-9-18(2,20(21,22)23)10-15(27)16(14)19/h4-8,11,17,25H,3,9-10H2,1-2H3/t17?,18-,19+/m0/s1. The van der Waals surface area contributed by atoms with E-state index < -0.39 is 35.4 Å². The Hall–Kier alpha value is -2.44. The summed E-state index contributed by atoms with van der Waals surface area (Å²) in [5, 5.41) is 11.2. The molecule has 3 aliphatic rings. The van der Waals surface area contributed by atoms with Gasteiger partial charge in [-0.05, 0) is 12.0 Å². The van der Waals surface area contributed by atoms with Crippen LogP contribution in [0.4, 0.5) is 13.2 Å². The first-order valence-corrected chi connectivity index (χ1v) is 8.99. The molecule has 1 aromatic carbocycles. The molecule has 0 radical (unpaired) electrons. The van der Waals surface area contributed by atoms with Crippen molar-refractivity contribution in [2.45, 2.75) is 50.9 Å². The van der Waals surface area contributed by atoms with Gasteiger partial charge in [0.1, 0.15) is 0 Å². The van der Waals surface area contributed by atoms with Gasteiger partial charge in [0.25, 0.3) is 0 Å². The number of nitrogens with one attached hydrogen (secondary N) is 1. The summed E-state index contributed by atoms with van der Waals surface area (Å²) in [4.78, 5) is 13.1. The first-order chi connectivity index (χ1) is 12.7. The van der Waals surface area contributed by atoms with Crippen LogP contribution in [-0.4, -0.2) is 18.1 Å². The number of Topliss-reactive ketones (excluding diaryl/α,β-unsaturated/α-hetero) is 1. The third kappa shape index (κ3) is 2.40. The van der Waals surface area contributed by atoms with Gasteiger partial charge in [-0.3, -0.25) is 4.79 Å². The number of carbonyl (C=O) groups is 1. The molecule has 1 unspecified atom stereocenters. The van der Waals surface area contributed by atoms with Gasteiger partial charge in [0, 0.05) is 29.7 Å². The molecule has 4 nitrogen and oxygen atoms in total. The number of benzene rings is 1. The van der Waals surface area contributed by atoms with Crippen molar-refractivity contribution in [2.24, 2.45) is 15.6 Å². The van der Waals surface area contributed by atoms with Crippen molar-refractivity contribution < 1.29 is 18.0 Å². The highest BCUT2D eigenvalue weighted by atomic mass is 19.4. The number of alkyl halides is 3. The minimum Gasteiger partial charge on any atom is -0.362 e. The predicted molar refractivity (Wildman–Crippen MR) is 93.7 cm³/mol. The Kier molecular flexibility index (Phi) is 3.84. The molecule has 0 aromatic heterocycles. The number of ketones is 1. The number of hydrogen-bond acceptors (Lipinski definition) is 4. The molecular formula is C20H20F3N3O. The fraction of sp³-hybridized carbons (Fsp3) is 0.450. The van der Waals surface area contributed by atoms with E-state index in [9.17, 15) is 18.0 Å². The van der Waals surface area contributed by atoms with E-state index in [4.69, 9.17) is 0 Å². The van der Waals surface area contributed by atoms with E-state index in [-0.39, 0.29) is 6.42 Å². The first kappa shape index (κ1) is 17.9. The molecule has 0 saturated heterocycles. The predicted octanol–water partition coefficient (Wildman–Crippen LogP) is 4.80. The fourth-order valence-corrected chi connectivity index (χ4v) is 4.64. The lowest BCUT2D eigenvalue weighted by Crippen LogP contribution is -2.53. The molecule has 142 valence electrons. The Morgan fingerprint density at radius 3 is 2.56 bits per heavy atom. The molecule has 4 rings (SSSR count). The topological polar surface area (TPSA) is 53.8 Å². The first-order valence-electron chi connectivity index (χ1n) is 8.99. The smallest absolute Gasteiger partial charge is 0.362 e. The number of carbonyl (C=O) groups excluding carboxylic acids is 1. The van der Waals surface area contributed by atoms with Crippen molar-refractivity contribution >= 4 is 5.78 Å². The summed E-state index contributed by atoms with van der Waals surface area (Å²) < 4.78 is 41.0.